The van der Waals surface area contributed by atoms with Crippen LogP contribution in [0.3, 0.4) is 0 Å². The van der Waals surface area contributed by atoms with Gasteiger partial charge in [0.2, 0.25) is 0 Å². The van der Waals surface area contributed by atoms with Crippen LogP contribution in [0.5, 0.6) is 0 Å². The third-order valence-corrected chi connectivity index (χ3v) is 2.94. The molecular formula is C12H27N3O. The van der Waals surface area contributed by atoms with E-state index in [1.54, 1.807) is 0 Å². The van der Waals surface area contributed by atoms with E-state index in [2.05, 4.69) is 6.92 Å². The predicted octanol–water partition coefficient (Wildman–Crippen LogP) is 1.90. The van der Waals surface area contributed by atoms with Crippen molar-refractivity contribution in [2.75, 3.05) is 26.2 Å². The van der Waals surface area contributed by atoms with Crippen molar-refractivity contribution in [3.8, 4) is 0 Å². The minimum absolute atomic E-state index is 0.0994. The number of amides is 2. The third-order valence-electron chi connectivity index (χ3n) is 2.94. The fourth-order valence-electron chi connectivity index (χ4n) is 1.66. The lowest BCUT2D eigenvalue weighted by Crippen LogP contribution is -2.56. The highest BCUT2D eigenvalue weighted by molar-refractivity contribution is 5.75. The van der Waals surface area contributed by atoms with Crippen LogP contribution in [0.25, 0.3) is 0 Å². The minimum atomic E-state index is -0.268. The molecule has 0 saturated heterocycles. The van der Waals surface area contributed by atoms with Crippen LogP contribution in [0.2, 0.25) is 0 Å². The molecular weight excluding hydrogens is 202 g/mol. The quantitative estimate of drug-likeness (QED) is 0.756. The van der Waals surface area contributed by atoms with E-state index in [0.29, 0.717) is 6.54 Å². The molecule has 0 aromatic rings. The Morgan fingerprint density at radius 2 is 1.69 bits per heavy atom. The van der Waals surface area contributed by atoms with Crippen LogP contribution in [0.1, 0.15) is 41.0 Å². The fraction of sp³-hybridized carbons (Fsp3) is 0.917. The van der Waals surface area contributed by atoms with E-state index < -0.39 is 0 Å². The first kappa shape index (κ1) is 15.2. The smallest absolute Gasteiger partial charge is 0.320 e. The van der Waals surface area contributed by atoms with Crippen molar-refractivity contribution >= 4 is 6.03 Å². The van der Waals surface area contributed by atoms with Gasteiger partial charge in [-0.3, -0.25) is 0 Å². The summed E-state index contributed by atoms with van der Waals surface area (Å²) in [5.74, 6) is 0. The van der Waals surface area contributed by atoms with Crippen molar-refractivity contribution in [1.29, 1.82) is 0 Å². The summed E-state index contributed by atoms with van der Waals surface area (Å²) in [5.41, 5.74) is 5.48. The van der Waals surface area contributed by atoms with Gasteiger partial charge in [0.1, 0.15) is 0 Å². The zero-order valence-electron chi connectivity index (χ0n) is 11.4. The van der Waals surface area contributed by atoms with Crippen LogP contribution in [0.4, 0.5) is 4.79 Å². The molecule has 0 bridgehead atoms. The first-order valence-electron chi connectivity index (χ1n) is 6.21. The normalized spacial score (nSPS) is 11.4. The van der Waals surface area contributed by atoms with Crippen LogP contribution in [0, 0.1) is 0 Å². The number of carbonyl (C=O) groups excluding carboxylic acids is 1. The van der Waals surface area contributed by atoms with E-state index >= 15 is 0 Å². The summed E-state index contributed by atoms with van der Waals surface area (Å²) < 4.78 is 0. The van der Waals surface area contributed by atoms with Crippen molar-refractivity contribution in [3.05, 3.63) is 0 Å². The van der Waals surface area contributed by atoms with Crippen molar-refractivity contribution in [1.82, 2.24) is 9.80 Å². The summed E-state index contributed by atoms with van der Waals surface area (Å²) in [5, 5.41) is 0. The minimum Gasteiger partial charge on any atom is -0.328 e. The van der Waals surface area contributed by atoms with Crippen molar-refractivity contribution in [3.63, 3.8) is 0 Å². The van der Waals surface area contributed by atoms with Crippen molar-refractivity contribution in [2.45, 2.75) is 46.6 Å². The molecule has 0 heterocycles. The third kappa shape index (κ3) is 3.67. The highest BCUT2D eigenvalue weighted by Crippen LogP contribution is 2.16. The van der Waals surface area contributed by atoms with Gasteiger partial charge in [-0.1, -0.05) is 6.92 Å². The van der Waals surface area contributed by atoms with Gasteiger partial charge in [0.25, 0.3) is 0 Å². The van der Waals surface area contributed by atoms with Gasteiger partial charge in [0, 0.05) is 26.2 Å². The van der Waals surface area contributed by atoms with E-state index in [1.165, 1.54) is 0 Å². The van der Waals surface area contributed by atoms with Gasteiger partial charge in [-0.15, -0.1) is 0 Å². The molecule has 2 N–H and O–H groups in total. The van der Waals surface area contributed by atoms with Crippen LogP contribution in [-0.2, 0) is 0 Å². The van der Waals surface area contributed by atoms with Crippen molar-refractivity contribution < 1.29 is 4.79 Å². The number of hydrogen-bond acceptors (Lipinski definition) is 2. The second-order valence-corrected chi connectivity index (χ2v) is 4.62. The number of urea groups is 1. The Labute approximate surface area is 99.8 Å². The zero-order valence-corrected chi connectivity index (χ0v) is 11.4. The number of hydrogen-bond donors (Lipinski definition) is 1. The number of nitrogens with two attached hydrogens (primary N) is 1. The molecule has 0 spiro atoms. The predicted molar refractivity (Wildman–Crippen MR) is 68.4 cm³/mol. The molecule has 0 radical (unpaired) electrons. The first-order chi connectivity index (χ1) is 7.44. The summed E-state index contributed by atoms with van der Waals surface area (Å²) in [4.78, 5) is 16.0. The molecule has 0 rings (SSSR count). The Morgan fingerprint density at radius 3 is 2.00 bits per heavy atom. The van der Waals surface area contributed by atoms with E-state index in [1.807, 2.05) is 37.5 Å². The second-order valence-electron chi connectivity index (χ2n) is 4.62. The molecule has 4 nitrogen and oxygen atoms in total. The lowest BCUT2D eigenvalue weighted by Gasteiger charge is -2.40. The SMILES string of the molecule is CCCN(C(=O)N(CC)CC)C(C)(C)CN. The Balaban J connectivity index is 4.83. The Bertz CT molecular complexity index is 212. The standard InChI is InChI=1S/C12H27N3O/c1-6-9-15(12(4,5)10-13)11(16)14(7-2)8-3/h6-10,13H2,1-5H3. The highest BCUT2D eigenvalue weighted by atomic mass is 16.2. The summed E-state index contributed by atoms with van der Waals surface area (Å²) in [6.07, 6.45) is 0.955. The molecule has 0 aromatic heterocycles. The molecule has 16 heavy (non-hydrogen) atoms. The molecule has 2 amide bonds. The van der Waals surface area contributed by atoms with Crippen LogP contribution in [0.15, 0.2) is 0 Å². The van der Waals surface area contributed by atoms with Gasteiger partial charge in [0.15, 0.2) is 0 Å². The summed E-state index contributed by atoms with van der Waals surface area (Å²) in [6, 6.07) is 0.0994. The van der Waals surface area contributed by atoms with Crippen LogP contribution in [-0.4, -0.2) is 47.5 Å². The molecule has 4 heteroatoms. The van der Waals surface area contributed by atoms with Gasteiger partial charge in [-0.25, -0.2) is 4.79 Å². The van der Waals surface area contributed by atoms with E-state index in [4.69, 9.17) is 5.73 Å². The van der Waals surface area contributed by atoms with E-state index in [9.17, 15) is 4.79 Å². The zero-order chi connectivity index (χ0) is 12.8. The Morgan fingerprint density at radius 1 is 1.19 bits per heavy atom. The maximum Gasteiger partial charge on any atom is 0.320 e. The fourth-order valence-corrected chi connectivity index (χ4v) is 1.66. The molecule has 0 aliphatic rings. The Hall–Kier alpha value is -0.770. The molecule has 96 valence electrons. The largest absolute Gasteiger partial charge is 0.328 e. The maximum atomic E-state index is 12.3. The van der Waals surface area contributed by atoms with Crippen LogP contribution < -0.4 is 5.73 Å². The molecule has 0 aliphatic heterocycles. The van der Waals surface area contributed by atoms with Crippen molar-refractivity contribution in [2.24, 2.45) is 5.73 Å². The summed E-state index contributed by atoms with van der Waals surface area (Å²) in [6.45, 7) is 12.9. The number of carbonyl (C=O) groups is 1. The number of rotatable bonds is 6. The van der Waals surface area contributed by atoms with Gasteiger partial charge >= 0.3 is 6.03 Å². The topological polar surface area (TPSA) is 49.6 Å². The second kappa shape index (κ2) is 6.74. The summed E-state index contributed by atoms with van der Waals surface area (Å²) >= 11 is 0. The van der Waals surface area contributed by atoms with E-state index in [-0.39, 0.29) is 11.6 Å². The first-order valence-corrected chi connectivity index (χ1v) is 6.21. The number of nitrogens with zero attached hydrogens (tertiary/aromatic N) is 2. The molecule has 0 aromatic carbocycles. The monoisotopic (exact) mass is 229 g/mol. The highest BCUT2D eigenvalue weighted by Gasteiger charge is 2.30. The molecule has 0 aliphatic carbocycles. The molecule has 0 unspecified atom stereocenters. The molecule has 0 atom stereocenters. The maximum absolute atomic E-state index is 12.3. The van der Waals surface area contributed by atoms with Gasteiger partial charge in [0.05, 0.1) is 5.54 Å². The molecule has 0 fully saturated rings. The Kier molecular flexibility index (Phi) is 6.41. The van der Waals surface area contributed by atoms with Gasteiger partial charge < -0.3 is 15.5 Å². The average Bonchev–Trinajstić information content (AvgIpc) is 2.27. The van der Waals surface area contributed by atoms with Crippen LogP contribution >= 0.6 is 0 Å². The summed E-state index contributed by atoms with van der Waals surface area (Å²) in [7, 11) is 0. The lowest BCUT2D eigenvalue weighted by atomic mass is 10.0. The van der Waals surface area contributed by atoms with Gasteiger partial charge in [-0.05, 0) is 34.1 Å². The molecule has 0 saturated carbocycles. The average molecular weight is 229 g/mol. The van der Waals surface area contributed by atoms with Gasteiger partial charge in [-0.2, -0.15) is 0 Å². The lowest BCUT2D eigenvalue weighted by molar-refractivity contribution is 0.107. The van der Waals surface area contributed by atoms with E-state index in [0.717, 1.165) is 26.1 Å².